The van der Waals surface area contributed by atoms with E-state index in [4.69, 9.17) is 4.74 Å². The molecule has 0 atom stereocenters. The molecule has 78 valence electrons. The van der Waals surface area contributed by atoms with Crippen LogP contribution in [0.4, 0.5) is 0 Å². The Hall–Kier alpha value is -0.540. The Balaban J connectivity index is 3.01. The topological polar surface area (TPSA) is 29.5 Å². The molecule has 0 aromatic heterocycles. The molecule has 0 saturated heterocycles. The summed E-state index contributed by atoms with van der Waals surface area (Å²) < 4.78 is 6.25. The van der Waals surface area contributed by atoms with Crippen LogP contribution >= 0.6 is 15.9 Å². The van der Waals surface area contributed by atoms with Gasteiger partial charge in [0.05, 0.1) is 16.7 Å². The van der Waals surface area contributed by atoms with Gasteiger partial charge in [-0.1, -0.05) is 6.07 Å². The molecule has 1 N–H and O–H groups in total. The second kappa shape index (κ2) is 4.32. The van der Waals surface area contributed by atoms with E-state index in [9.17, 15) is 5.11 Å². The molecule has 0 aliphatic heterocycles. The molecule has 0 aliphatic rings. The molecule has 1 aromatic rings. The number of benzene rings is 1. The van der Waals surface area contributed by atoms with Crippen molar-refractivity contribution in [1.82, 2.24) is 0 Å². The van der Waals surface area contributed by atoms with Gasteiger partial charge in [0.1, 0.15) is 5.75 Å². The average molecular weight is 259 g/mol. The van der Waals surface area contributed by atoms with Crippen molar-refractivity contribution in [2.24, 2.45) is 0 Å². The minimum atomic E-state index is -0.812. The third-order valence-corrected chi connectivity index (χ3v) is 2.56. The highest BCUT2D eigenvalue weighted by Gasteiger charge is 2.16. The van der Waals surface area contributed by atoms with Crippen molar-refractivity contribution in [3.05, 3.63) is 28.2 Å². The number of aliphatic hydroxyl groups is 1. The molecule has 0 saturated carbocycles. The van der Waals surface area contributed by atoms with Crippen LogP contribution in [0.2, 0.25) is 0 Å². The third-order valence-electron chi connectivity index (χ3n) is 1.94. The van der Waals surface area contributed by atoms with E-state index in [-0.39, 0.29) is 0 Å². The molecule has 0 unspecified atom stereocenters. The van der Waals surface area contributed by atoms with E-state index in [1.165, 1.54) is 0 Å². The summed E-state index contributed by atoms with van der Waals surface area (Å²) in [6.45, 7) is 6.10. The van der Waals surface area contributed by atoms with Gasteiger partial charge in [-0.2, -0.15) is 0 Å². The number of halogens is 1. The molecule has 0 aliphatic carbocycles. The summed E-state index contributed by atoms with van der Waals surface area (Å²) in [6.07, 6.45) is 0. The van der Waals surface area contributed by atoms with Gasteiger partial charge in [0, 0.05) is 0 Å². The minimum Gasteiger partial charge on any atom is -0.493 e. The summed E-state index contributed by atoms with van der Waals surface area (Å²) in [5.41, 5.74) is 0.0561. The van der Waals surface area contributed by atoms with E-state index in [1.54, 1.807) is 13.8 Å². The Labute approximate surface area is 93.0 Å². The zero-order valence-electron chi connectivity index (χ0n) is 8.67. The maximum atomic E-state index is 9.77. The molecule has 14 heavy (non-hydrogen) atoms. The van der Waals surface area contributed by atoms with Gasteiger partial charge < -0.3 is 9.84 Å². The van der Waals surface area contributed by atoms with E-state index in [0.29, 0.717) is 6.61 Å². The molecule has 1 aromatic carbocycles. The molecule has 3 heteroatoms. The van der Waals surface area contributed by atoms with Gasteiger partial charge in [-0.3, -0.25) is 0 Å². The first-order chi connectivity index (χ1) is 6.45. The van der Waals surface area contributed by atoms with Crippen molar-refractivity contribution in [3.8, 4) is 5.75 Å². The first-order valence-electron chi connectivity index (χ1n) is 4.60. The van der Waals surface area contributed by atoms with Crippen molar-refractivity contribution in [2.75, 3.05) is 6.61 Å². The lowest BCUT2D eigenvalue weighted by atomic mass is 9.99. The fourth-order valence-corrected chi connectivity index (χ4v) is 1.65. The highest BCUT2D eigenvalue weighted by Crippen LogP contribution is 2.30. The second-order valence-electron chi connectivity index (χ2n) is 3.64. The first-order valence-corrected chi connectivity index (χ1v) is 5.39. The number of hydrogen-bond acceptors (Lipinski definition) is 2. The number of rotatable bonds is 3. The summed E-state index contributed by atoms with van der Waals surface area (Å²) in [6, 6.07) is 5.61. The minimum absolute atomic E-state index is 0.639. The van der Waals surface area contributed by atoms with Gasteiger partial charge in [0.25, 0.3) is 0 Å². The summed E-state index contributed by atoms with van der Waals surface area (Å²) in [4.78, 5) is 0. The third kappa shape index (κ3) is 2.72. The van der Waals surface area contributed by atoms with Crippen LogP contribution in [0.25, 0.3) is 0 Å². The quantitative estimate of drug-likeness (QED) is 0.903. The first kappa shape index (κ1) is 11.5. The lowest BCUT2D eigenvalue weighted by Crippen LogP contribution is -2.15. The summed E-state index contributed by atoms with van der Waals surface area (Å²) in [5.74, 6) is 0.806. The molecule has 0 radical (unpaired) electrons. The van der Waals surface area contributed by atoms with E-state index in [1.807, 2.05) is 25.1 Å². The molecule has 2 nitrogen and oxygen atoms in total. The lowest BCUT2D eigenvalue weighted by Gasteiger charge is -2.18. The van der Waals surface area contributed by atoms with Crippen LogP contribution in [0.15, 0.2) is 22.7 Å². The van der Waals surface area contributed by atoms with Crippen LogP contribution < -0.4 is 4.74 Å². The van der Waals surface area contributed by atoms with E-state index >= 15 is 0 Å². The number of ether oxygens (including phenoxy) is 1. The van der Waals surface area contributed by atoms with Crippen LogP contribution in [-0.2, 0) is 5.60 Å². The summed E-state index contributed by atoms with van der Waals surface area (Å²) >= 11 is 3.40. The van der Waals surface area contributed by atoms with Crippen molar-refractivity contribution < 1.29 is 9.84 Å². The maximum absolute atomic E-state index is 9.77. The Bertz CT molecular complexity index is 316. The van der Waals surface area contributed by atoms with Crippen LogP contribution in [0.3, 0.4) is 0 Å². The molecular weight excluding hydrogens is 244 g/mol. The lowest BCUT2D eigenvalue weighted by molar-refractivity contribution is 0.0785. The predicted octanol–water partition coefficient (Wildman–Crippen LogP) is 3.08. The van der Waals surface area contributed by atoms with Gasteiger partial charge in [0.2, 0.25) is 0 Å². The SMILES string of the molecule is CCOc1ccc(C(C)(C)O)cc1Br. The zero-order valence-corrected chi connectivity index (χ0v) is 10.3. The Morgan fingerprint density at radius 3 is 2.50 bits per heavy atom. The van der Waals surface area contributed by atoms with Gasteiger partial charge >= 0.3 is 0 Å². The highest BCUT2D eigenvalue weighted by atomic mass is 79.9. The van der Waals surface area contributed by atoms with Crippen LogP contribution in [0.5, 0.6) is 5.75 Å². The zero-order chi connectivity index (χ0) is 10.8. The largest absolute Gasteiger partial charge is 0.493 e. The average Bonchev–Trinajstić information content (AvgIpc) is 2.07. The monoisotopic (exact) mass is 258 g/mol. The fraction of sp³-hybridized carbons (Fsp3) is 0.455. The van der Waals surface area contributed by atoms with E-state index in [2.05, 4.69) is 15.9 Å². The molecule has 1 rings (SSSR count). The summed E-state index contributed by atoms with van der Waals surface area (Å²) in [5, 5.41) is 9.77. The number of hydrogen-bond donors (Lipinski definition) is 1. The van der Waals surface area contributed by atoms with Crippen molar-refractivity contribution in [3.63, 3.8) is 0 Å². The standard InChI is InChI=1S/C11H15BrO2/c1-4-14-10-6-5-8(7-9(10)12)11(2,3)13/h5-7,13H,4H2,1-3H3. The Morgan fingerprint density at radius 1 is 1.43 bits per heavy atom. The van der Waals surface area contributed by atoms with Crippen LogP contribution in [0.1, 0.15) is 26.3 Å². The molecular formula is C11H15BrO2. The van der Waals surface area contributed by atoms with Crippen molar-refractivity contribution in [2.45, 2.75) is 26.4 Å². The maximum Gasteiger partial charge on any atom is 0.133 e. The van der Waals surface area contributed by atoms with Gasteiger partial charge in [-0.25, -0.2) is 0 Å². The molecule has 0 bridgehead atoms. The van der Waals surface area contributed by atoms with Crippen molar-refractivity contribution >= 4 is 15.9 Å². The van der Waals surface area contributed by atoms with Crippen LogP contribution in [0, 0.1) is 0 Å². The van der Waals surface area contributed by atoms with Gasteiger partial charge in [-0.15, -0.1) is 0 Å². The van der Waals surface area contributed by atoms with Crippen molar-refractivity contribution in [1.29, 1.82) is 0 Å². The molecule has 0 amide bonds. The fourth-order valence-electron chi connectivity index (χ4n) is 1.15. The summed E-state index contributed by atoms with van der Waals surface area (Å²) in [7, 11) is 0. The van der Waals surface area contributed by atoms with Gasteiger partial charge in [-0.05, 0) is 54.4 Å². The van der Waals surface area contributed by atoms with Gasteiger partial charge in [0.15, 0.2) is 0 Å². The van der Waals surface area contributed by atoms with E-state index in [0.717, 1.165) is 15.8 Å². The predicted molar refractivity (Wildman–Crippen MR) is 60.6 cm³/mol. The molecule has 0 heterocycles. The Morgan fingerprint density at radius 2 is 2.07 bits per heavy atom. The normalized spacial score (nSPS) is 11.5. The molecule has 0 fully saturated rings. The Kier molecular flexibility index (Phi) is 3.56. The van der Waals surface area contributed by atoms with E-state index < -0.39 is 5.60 Å². The second-order valence-corrected chi connectivity index (χ2v) is 4.49. The highest BCUT2D eigenvalue weighted by molar-refractivity contribution is 9.10. The van der Waals surface area contributed by atoms with Crippen LogP contribution in [-0.4, -0.2) is 11.7 Å². The smallest absolute Gasteiger partial charge is 0.133 e. The molecule has 0 spiro atoms.